The zero-order chi connectivity index (χ0) is 13.0. The molecule has 0 saturated heterocycles. The number of rotatable bonds is 5. The number of anilines is 2. The number of hydrogen-bond donors (Lipinski definition) is 1. The first-order valence-electron chi connectivity index (χ1n) is 5.96. The molecule has 0 aromatic carbocycles. The standard InChI is InChI=1S/C12H17N5O/c1-4-17-8-10(7-14-17)15-12-13-6-5-11(16-12)18-9(2)3/h5-9H,4H2,1-3H3,(H,13,15,16). The van der Waals surface area contributed by atoms with E-state index in [1.807, 2.05) is 31.6 Å². The van der Waals surface area contributed by atoms with Crippen molar-refractivity contribution in [2.75, 3.05) is 5.32 Å². The largest absolute Gasteiger partial charge is 0.475 e. The summed E-state index contributed by atoms with van der Waals surface area (Å²) < 4.78 is 7.34. The van der Waals surface area contributed by atoms with Crippen LogP contribution in [0.2, 0.25) is 0 Å². The molecule has 0 aliphatic rings. The first kappa shape index (κ1) is 12.3. The van der Waals surface area contributed by atoms with Gasteiger partial charge >= 0.3 is 0 Å². The highest BCUT2D eigenvalue weighted by Crippen LogP contribution is 2.15. The predicted octanol–water partition coefficient (Wildman–Crippen LogP) is 2.22. The molecule has 0 atom stereocenters. The summed E-state index contributed by atoms with van der Waals surface area (Å²) in [5, 5.41) is 7.26. The van der Waals surface area contributed by atoms with Crippen LogP contribution in [0, 0.1) is 0 Å². The fourth-order valence-electron chi connectivity index (χ4n) is 1.44. The summed E-state index contributed by atoms with van der Waals surface area (Å²) in [6.45, 7) is 6.78. The number of nitrogens with one attached hydrogen (secondary N) is 1. The molecule has 0 aliphatic heterocycles. The minimum absolute atomic E-state index is 0.0931. The fraction of sp³-hybridized carbons (Fsp3) is 0.417. The maximum Gasteiger partial charge on any atom is 0.230 e. The van der Waals surface area contributed by atoms with Crippen molar-refractivity contribution in [1.82, 2.24) is 19.7 Å². The van der Waals surface area contributed by atoms with Gasteiger partial charge in [0.1, 0.15) is 0 Å². The lowest BCUT2D eigenvalue weighted by Gasteiger charge is -2.09. The highest BCUT2D eigenvalue weighted by Gasteiger charge is 2.04. The molecule has 2 heterocycles. The average Bonchev–Trinajstić information content (AvgIpc) is 2.76. The molecular weight excluding hydrogens is 230 g/mol. The van der Waals surface area contributed by atoms with Gasteiger partial charge in [0, 0.05) is 25.0 Å². The van der Waals surface area contributed by atoms with Crippen molar-refractivity contribution < 1.29 is 4.74 Å². The van der Waals surface area contributed by atoms with Crippen LogP contribution in [0.3, 0.4) is 0 Å². The average molecular weight is 247 g/mol. The van der Waals surface area contributed by atoms with Gasteiger partial charge in [-0.15, -0.1) is 0 Å². The molecule has 96 valence electrons. The maximum atomic E-state index is 5.51. The SMILES string of the molecule is CCn1cc(Nc2nccc(OC(C)C)n2)cn1. The van der Waals surface area contributed by atoms with E-state index in [-0.39, 0.29) is 6.10 Å². The van der Waals surface area contributed by atoms with Crippen LogP contribution in [0.15, 0.2) is 24.7 Å². The Hall–Kier alpha value is -2.11. The Morgan fingerprint density at radius 1 is 1.44 bits per heavy atom. The van der Waals surface area contributed by atoms with Crippen LogP contribution in [0.1, 0.15) is 20.8 Å². The third-order valence-corrected chi connectivity index (χ3v) is 2.20. The molecule has 0 spiro atoms. The van der Waals surface area contributed by atoms with Crippen LogP contribution in [0.5, 0.6) is 5.88 Å². The van der Waals surface area contributed by atoms with Crippen LogP contribution >= 0.6 is 0 Å². The summed E-state index contributed by atoms with van der Waals surface area (Å²) in [5.74, 6) is 1.06. The van der Waals surface area contributed by atoms with Gasteiger partial charge in [0.2, 0.25) is 11.8 Å². The third kappa shape index (κ3) is 3.19. The quantitative estimate of drug-likeness (QED) is 0.877. The lowest BCUT2D eigenvalue weighted by atomic mass is 10.5. The first-order valence-corrected chi connectivity index (χ1v) is 5.96. The molecule has 2 rings (SSSR count). The van der Waals surface area contributed by atoms with Crippen molar-refractivity contribution in [3.05, 3.63) is 24.7 Å². The van der Waals surface area contributed by atoms with Gasteiger partial charge in [-0.1, -0.05) is 0 Å². The van der Waals surface area contributed by atoms with Gasteiger partial charge in [0.05, 0.1) is 18.0 Å². The number of aromatic nitrogens is 4. The van der Waals surface area contributed by atoms with Gasteiger partial charge in [-0.25, -0.2) is 4.98 Å². The van der Waals surface area contributed by atoms with Crippen LogP contribution in [-0.2, 0) is 6.54 Å². The fourth-order valence-corrected chi connectivity index (χ4v) is 1.44. The third-order valence-electron chi connectivity index (χ3n) is 2.20. The summed E-state index contributed by atoms with van der Waals surface area (Å²) in [4.78, 5) is 8.40. The van der Waals surface area contributed by atoms with Gasteiger partial charge in [0.25, 0.3) is 0 Å². The molecule has 6 nitrogen and oxygen atoms in total. The van der Waals surface area contributed by atoms with E-state index in [4.69, 9.17) is 4.74 Å². The molecule has 0 amide bonds. The first-order chi connectivity index (χ1) is 8.67. The van der Waals surface area contributed by atoms with Crippen molar-refractivity contribution in [2.45, 2.75) is 33.4 Å². The number of nitrogens with zero attached hydrogens (tertiary/aromatic N) is 4. The molecule has 0 radical (unpaired) electrons. The summed E-state index contributed by atoms with van der Waals surface area (Å²) >= 11 is 0. The van der Waals surface area contributed by atoms with Crippen LogP contribution < -0.4 is 10.1 Å². The van der Waals surface area contributed by atoms with E-state index < -0.39 is 0 Å². The summed E-state index contributed by atoms with van der Waals surface area (Å²) in [6, 6.07) is 1.74. The molecule has 1 N–H and O–H groups in total. The number of hydrogen-bond acceptors (Lipinski definition) is 5. The smallest absolute Gasteiger partial charge is 0.230 e. The van der Waals surface area contributed by atoms with Gasteiger partial charge in [-0.2, -0.15) is 10.1 Å². The van der Waals surface area contributed by atoms with E-state index in [0.29, 0.717) is 11.8 Å². The van der Waals surface area contributed by atoms with Crippen molar-refractivity contribution in [1.29, 1.82) is 0 Å². The lowest BCUT2D eigenvalue weighted by molar-refractivity contribution is 0.232. The predicted molar refractivity (Wildman–Crippen MR) is 69.0 cm³/mol. The molecule has 0 fully saturated rings. The van der Waals surface area contributed by atoms with Gasteiger partial charge < -0.3 is 10.1 Å². The van der Waals surface area contributed by atoms with Crippen molar-refractivity contribution >= 4 is 11.6 Å². The molecule has 0 bridgehead atoms. The zero-order valence-corrected chi connectivity index (χ0v) is 10.8. The monoisotopic (exact) mass is 247 g/mol. The number of aryl methyl sites for hydroxylation is 1. The van der Waals surface area contributed by atoms with E-state index in [0.717, 1.165) is 12.2 Å². The van der Waals surface area contributed by atoms with Gasteiger partial charge in [-0.05, 0) is 20.8 Å². The summed E-state index contributed by atoms with van der Waals surface area (Å²) in [7, 11) is 0. The molecule has 2 aromatic rings. The van der Waals surface area contributed by atoms with Gasteiger partial charge in [-0.3, -0.25) is 4.68 Å². The van der Waals surface area contributed by atoms with E-state index in [1.54, 1.807) is 18.5 Å². The lowest BCUT2D eigenvalue weighted by Crippen LogP contribution is -2.08. The van der Waals surface area contributed by atoms with E-state index >= 15 is 0 Å². The molecule has 0 saturated carbocycles. The Bertz CT molecular complexity index is 509. The van der Waals surface area contributed by atoms with Crippen LogP contribution in [-0.4, -0.2) is 25.9 Å². The zero-order valence-electron chi connectivity index (χ0n) is 10.8. The summed E-state index contributed by atoms with van der Waals surface area (Å²) in [6.07, 6.45) is 5.40. The summed E-state index contributed by atoms with van der Waals surface area (Å²) in [5.41, 5.74) is 0.860. The molecular formula is C12H17N5O. The Kier molecular flexibility index (Phi) is 3.76. The Morgan fingerprint density at radius 2 is 2.28 bits per heavy atom. The molecule has 2 aromatic heterocycles. The molecule has 0 unspecified atom stereocenters. The van der Waals surface area contributed by atoms with Crippen LogP contribution in [0.4, 0.5) is 11.6 Å². The van der Waals surface area contributed by atoms with Crippen molar-refractivity contribution in [2.24, 2.45) is 0 Å². The second kappa shape index (κ2) is 5.48. The second-order valence-electron chi connectivity index (χ2n) is 4.09. The minimum Gasteiger partial charge on any atom is -0.475 e. The van der Waals surface area contributed by atoms with Crippen LogP contribution in [0.25, 0.3) is 0 Å². The van der Waals surface area contributed by atoms with Crippen molar-refractivity contribution in [3.8, 4) is 5.88 Å². The molecule has 18 heavy (non-hydrogen) atoms. The molecule has 0 aliphatic carbocycles. The van der Waals surface area contributed by atoms with E-state index in [1.165, 1.54) is 0 Å². The Morgan fingerprint density at radius 3 is 2.94 bits per heavy atom. The highest BCUT2D eigenvalue weighted by molar-refractivity contribution is 5.50. The van der Waals surface area contributed by atoms with Crippen molar-refractivity contribution in [3.63, 3.8) is 0 Å². The maximum absolute atomic E-state index is 5.51. The molecule has 6 heteroatoms. The second-order valence-corrected chi connectivity index (χ2v) is 4.09. The number of ether oxygens (including phenoxy) is 1. The Balaban J connectivity index is 2.08. The minimum atomic E-state index is 0.0931. The topological polar surface area (TPSA) is 64.9 Å². The van der Waals surface area contributed by atoms with Gasteiger partial charge in [0.15, 0.2) is 0 Å². The highest BCUT2D eigenvalue weighted by atomic mass is 16.5. The van der Waals surface area contributed by atoms with E-state index in [9.17, 15) is 0 Å². The van der Waals surface area contributed by atoms with E-state index in [2.05, 4.69) is 20.4 Å². The Labute approximate surface area is 106 Å². The normalized spacial score (nSPS) is 10.7.